The van der Waals surface area contributed by atoms with Gasteiger partial charge in [-0.3, -0.25) is 4.79 Å². The second-order valence-electron chi connectivity index (χ2n) is 6.14. The van der Waals surface area contributed by atoms with E-state index in [4.69, 9.17) is 9.90 Å². The summed E-state index contributed by atoms with van der Waals surface area (Å²) in [5.74, 6) is 0.789. The number of carboxylic acid groups (broad SMARTS) is 1. The number of urea groups is 1. The Morgan fingerprint density at radius 1 is 1.38 bits per heavy atom. The van der Waals surface area contributed by atoms with Crippen molar-refractivity contribution < 1.29 is 14.7 Å². The SMILES string of the molecule is CCCc1ccc(C(C)NC(=O)N(C)Cc2ncc(C)[nH]2)cc1.O=CO. The third-order valence-corrected chi connectivity index (χ3v) is 3.85. The molecule has 1 aromatic carbocycles. The first kappa shape index (κ1) is 21.2. The lowest BCUT2D eigenvalue weighted by molar-refractivity contribution is -0.122. The normalized spacial score (nSPS) is 11.1. The molecule has 7 nitrogen and oxygen atoms in total. The number of benzene rings is 1. The fourth-order valence-electron chi connectivity index (χ4n) is 2.48. The van der Waals surface area contributed by atoms with Crippen LogP contribution < -0.4 is 5.32 Å². The predicted octanol–water partition coefficient (Wildman–Crippen LogP) is 3.27. The lowest BCUT2D eigenvalue weighted by Crippen LogP contribution is -2.38. The van der Waals surface area contributed by atoms with Crippen molar-refractivity contribution in [2.75, 3.05) is 7.05 Å². The van der Waals surface area contributed by atoms with E-state index in [9.17, 15) is 4.79 Å². The van der Waals surface area contributed by atoms with Crippen LogP contribution in [0.5, 0.6) is 0 Å². The fourth-order valence-corrected chi connectivity index (χ4v) is 2.48. The number of imidazole rings is 1. The van der Waals surface area contributed by atoms with E-state index in [1.165, 1.54) is 5.56 Å². The van der Waals surface area contributed by atoms with Crippen molar-refractivity contribution in [2.45, 2.75) is 46.2 Å². The van der Waals surface area contributed by atoms with Crippen LogP contribution in [0.4, 0.5) is 4.79 Å². The summed E-state index contributed by atoms with van der Waals surface area (Å²) in [6.45, 7) is 6.33. The Labute approximate surface area is 154 Å². The summed E-state index contributed by atoms with van der Waals surface area (Å²) in [7, 11) is 1.77. The summed E-state index contributed by atoms with van der Waals surface area (Å²) in [6.07, 6.45) is 4.00. The van der Waals surface area contributed by atoms with E-state index in [1.54, 1.807) is 18.1 Å². The quantitative estimate of drug-likeness (QED) is 0.689. The average Bonchev–Trinajstić information content (AvgIpc) is 3.01. The van der Waals surface area contributed by atoms with Gasteiger partial charge in [0.25, 0.3) is 6.47 Å². The van der Waals surface area contributed by atoms with Crippen molar-refractivity contribution in [1.82, 2.24) is 20.2 Å². The minimum Gasteiger partial charge on any atom is -0.483 e. The van der Waals surface area contributed by atoms with Gasteiger partial charge in [0.05, 0.1) is 12.6 Å². The molecule has 0 saturated heterocycles. The lowest BCUT2D eigenvalue weighted by Gasteiger charge is -2.21. The van der Waals surface area contributed by atoms with E-state index in [1.807, 2.05) is 13.8 Å². The first-order valence-electron chi connectivity index (χ1n) is 8.60. The van der Waals surface area contributed by atoms with E-state index < -0.39 is 0 Å². The number of carbonyl (C=O) groups excluding carboxylic acids is 1. The topological polar surface area (TPSA) is 98.3 Å². The summed E-state index contributed by atoms with van der Waals surface area (Å²) < 4.78 is 0. The largest absolute Gasteiger partial charge is 0.483 e. The van der Waals surface area contributed by atoms with Gasteiger partial charge >= 0.3 is 6.03 Å². The molecule has 1 heterocycles. The van der Waals surface area contributed by atoms with Crippen LogP contribution >= 0.6 is 0 Å². The Morgan fingerprint density at radius 2 is 2.00 bits per heavy atom. The standard InChI is InChI=1S/C18H26N4O.CH2O2/c1-5-6-15-7-9-16(10-8-15)14(3)21-18(23)22(4)12-17-19-11-13(2)20-17;2-1-3/h7-11,14H,5-6,12H2,1-4H3,(H,19,20)(H,21,23);1H,(H,2,3). The summed E-state index contributed by atoms with van der Waals surface area (Å²) in [5, 5.41) is 9.91. The summed E-state index contributed by atoms with van der Waals surface area (Å²) in [6, 6.07) is 8.31. The molecule has 0 spiro atoms. The first-order valence-corrected chi connectivity index (χ1v) is 8.60. The highest BCUT2D eigenvalue weighted by molar-refractivity contribution is 5.74. The number of nitrogens with one attached hydrogen (secondary N) is 2. The highest BCUT2D eigenvalue weighted by Crippen LogP contribution is 2.15. The second kappa shape index (κ2) is 10.9. The van der Waals surface area contributed by atoms with Crippen molar-refractivity contribution in [3.8, 4) is 0 Å². The second-order valence-corrected chi connectivity index (χ2v) is 6.14. The van der Waals surface area contributed by atoms with E-state index in [2.05, 4.69) is 46.5 Å². The van der Waals surface area contributed by atoms with Crippen LogP contribution in [0.3, 0.4) is 0 Å². The van der Waals surface area contributed by atoms with Gasteiger partial charge in [-0.1, -0.05) is 37.6 Å². The van der Waals surface area contributed by atoms with Gasteiger partial charge < -0.3 is 20.3 Å². The Bertz CT molecular complexity index is 682. The van der Waals surface area contributed by atoms with Crippen LogP contribution in [0, 0.1) is 6.92 Å². The molecule has 0 aliphatic carbocycles. The number of aryl methyl sites for hydroxylation is 2. The Kier molecular flexibility index (Phi) is 8.91. The molecule has 0 bridgehead atoms. The number of hydrogen-bond acceptors (Lipinski definition) is 3. The number of amides is 2. The molecule has 2 amide bonds. The van der Waals surface area contributed by atoms with Gasteiger partial charge in [0, 0.05) is 18.9 Å². The molecule has 2 aromatic rings. The first-order chi connectivity index (χ1) is 12.4. The molecule has 0 aliphatic rings. The maximum Gasteiger partial charge on any atom is 0.318 e. The third-order valence-electron chi connectivity index (χ3n) is 3.85. The third kappa shape index (κ3) is 6.96. The van der Waals surface area contributed by atoms with Crippen LogP contribution in [-0.4, -0.2) is 39.5 Å². The van der Waals surface area contributed by atoms with Crippen molar-refractivity contribution >= 4 is 12.5 Å². The minimum absolute atomic E-state index is 0.0287. The van der Waals surface area contributed by atoms with Crippen molar-refractivity contribution in [2.24, 2.45) is 0 Å². The number of H-pyrrole nitrogens is 1. The maximum absolute atomic E-state index is 12.3. The molecule has 2 rings (SSSR count). The van der Waals surface area contributed by atoms with Crippen LogP contribution in [0.2, 0.25) is 0 Å². The molecule has 1 aromatic heterocycles. The lowest BCUT2D eigenvalue weighted by atomic mass is 10.0. The number of rotatable bonds is 6. The van der Waals surface area contributed by atoms with Gasteiger partial charge in [0.15, 0.2) is 0 Å². The fraction of sp³-hybridized carbons (Fsp3) is 0.421. The number of nitrogens with zero attached hydrogens (tertiary/aromatic N) is 2. The number of carbonyl (C=O) groups is 2. The van der Waals surface area contributed by atoms with E-state index in [0.717, 1.165) is 29.9 Å². The molecule has 7 heteroatoms. The van der Waals surface area contributed by atoms with Crippen LogP contribution in [0.1, 0.15) is 49.0 Å². The van der Waals surface area contributed by atoms with Gasteiger partial charge in [-0.05, 0) is 31.4 Å². The number of aromatic amines is 1. The zero-order chi connectivity index (χ0) is 19.5. The Hall–Kier alpha value is -2.83. The zero-order valence-electron chi connectivity index (χ0n) is 15.8. The highest BCUT2D eigenvalue weighted by Gasteiger charge is 2.14. The molecule has 0 aliphatic heterocycles. The minimum atomic E-state index is -0.250. The molecule has 26 heavy (non-hydrogen) atoms. The molecule has 3 N–H and O–H groups in total. The van der Waals surface area contributed by atoms with Gasteiger partial charge in [0.2, 0.25) is 0 Å². The van der Waals surface area contributed by atoms with Gasteiger partial charge in [-0.2, -0.15) is 0 Å². The van der Waals surface area contributed by atoms with Crippen LogP contribution in [0.15, 0.2) is 30.5 Å². The van der Waals surface area contributed by atoms with Gasteiger partial charge in [-0.15, -0.1) is 0 Å². The molecule has 0 fully saturated rings. The molecule has 1 atom stereocenters. The smallest absolute Gasteiger partial charge is 0.318 e. The van der Waals surface area contributed by atoms with Crippen molar-refractivity contribution in [1.29, 1.82) is 0 Å². The van der Waals surface area contributed by atoms with Crippen molar-refractivity contribution in [3.05, 3.63) is 53.1 Å². The van der Waals surface area contributed by atoms with Crippen LogP contribution in [-0.2, 0) is 17.8 Å². The van der Waals surface area contributed by atoms with E-state index >= 15 is 0 Å². The summed E-state index contributed by atoms with van der Waals surface area (Å²) in [5.41, 5.74) is 3.44. The van der Waals surface area contributed by atoms with E-state index in [-0.39, 0.29) is 18.5 Å². The Balaban J connectivity index is 0.00000105. The molecule has 0 radical (unpaired) electrons. The maximum atomic E-state index is 12.3. The molecule has 1 unspecified atom stereocenters. The van der Waals surface area contributed by atoms with Gasteiger partial charge in [-0.25, -0.2) is 9.78 Å². The van der Waals surface area contributed by atoms with Gasteiger partial charge in [0.1, 0.15) is 5.82 Å². The van der Waals surface area contributed by atoms with Crippen LogP contribution in [0.25, 0.3) is 0 Å². The molecular weight excluding hydrogens is 332 g/mol. The predicted molar refractivity (Wildman–Crippen MR) is 101 cm³/mol. The molecular formula is C19H28N4O3. The summed E-state index contributed by atoms with van der Waals surface area (Å²) in [4.78, 5) is 29.6. The zero-order valence-corrected chi connectivity index (χ0v) is 15.8. The monoisotopic (exact) mass is 360 g/mol. The van der Waals surface area contributed by atoms with Crippen molar-refractivity contribution in [3.63, 3.8) is 0 Å². The Morgan fingerprint density at radius 3 is 2.50 bits per heavy atom. The molecule has 0 saturated carbocycles. The summed E-state index contributed by atoms with van der Waals surface area (Å²) >= 11 is 0. The number of hydrogen-bond donors (Lipinski definition) is 3. The number of aromatic nitrogens is 2. The average molecular weight is 360 g/mol. The highest BCUT2D eigenvalue weighted by atomic mass is 16.3. The van der Waals surface area contributed by atoms with E-state index in [0.29, 0.717) is 6.54 Å². The molecule has 142 valence electrons.